The van der Waals surface area contributed by atoms with Crippen molar-refractivity contribution >= 4 is 17.8 Å². The number of amides is 1. The molecule has 0 unspecified atom stereocenters. The van der Waals surface area contributed by atoms with Gasteiger partial charge in [0, 0.05) is 31.4 Å². The Bertz CT molecular complexity index is 1200. The van der Waals surface area contributed by atoms with Crippen molar-refractivity contribution in [3.63, 3.8) is 0 Å². The summed E-state index contributed by atoms with van der Waals surface area (Å²) in [5.41, 5.74) is 0.642. The topological polar surface area (TPSA) is 141 Å². The van der Waals surface area contributed by atoms with Crippen molar-refractivity contribution < 1.29 is 51.9 Å². The van der Waals surface area contributed by atoms with Crippen LogP contribution in [0.3, 0.4) is 0 Å². The Kier molecular flexibility index (Phi) is 13.6. The number of cyclic esters (lactones) is 1. The highest BCUT2D eigenvalue weighted by atomic mass is 19.1. The smallest absolute Gasteiger partial charge is 0.334 e. The van der Waals surface area contributed by atoms with Gasteiger partial charge in [0.15, 0.2) is 23.2 Å². The number of nitrogens with zero attached hydrogens (tertiary/aromatic N) is 1. The number of ether oxygens (including phenoxy) is 7. The van der Waals surface area contributed by atoms with E-state index in [-0.39, 0.29) is 48.7 Å². The number of carbonyl (C=O) groups excluding carboxylic acids is 3. The van der Waals surface area contributed by atoms with E-state index >= 15 is 0 Å². The van der Waals surface area contributed by atoms with Crippen LogP contribution < -0.4 is 14.8 Å². The molecule has 13 heteroatoms. The van der Waals surface area contributed by atoms with Crippen LogP contribution in [0.5, 0.6) is 11.5 Å². The van der Waals surface area contributed by atoms with E-state index in [2.05, 4.69) is 10.3 Å². The van der Waals surface area contributed by atoms with Gasteiger partial charge in [0.05, 0.1) is 26.4 Å². The Hall–Kier alpha value is -3.81. The number of methoxy groups -OCH3 is 1. The summed E-state index contributed by atoms with van der Waals surface area (Å²) in [4.78, 5) is 42.4. The molecule has 3 rings (SSSR count). The Balaban J connectivity index is 1.74. The second-order valence-corrected chi connectivity index (χ2v) is 9.72. The lowest BCUT2D eigenvalue weighted by molar-refractivity contribution is -0.156. The van der Waals surface area contributed by atoms with Gasteiger partial charge < -0.3 is 38.5 Å². The molecular formula is C30H39FN2O10. The van der Waals surface area contributed by atoms with Gasteiger partial charge in [0.25, 0.3) is 5.91 Å². The molecule has 1 N–H and O–H groups in total. The molecule has 2 heterocycles. The number of rotatable bonds is 14. The number of halogens is 1. The standard InChI is InChI=1S/C30H39FN2O10/c1-5-13-40-25-16-39-15-23(30(36)43-19(3)22(25)14-20-7-9-21(31)10-8-20)33-29(35)27-28(24(37-4)11-12-32-27)42-18-41-26(34)17-38-6-2/h7-12,19,22-23,25H,5-6,13-18H2,1-4H3,(H,33,35)/t19-,22-,23-,25-/m0/s1. The molecule has 0 bridgehead atoms. The number of carbonyl (C=O) groups is 3. The molecule has 2 aromatic rings. The first-order chi connectivity index (χ1) is 20.8. The summed E-state index contributed by atoms with van der Waals surface area (Å²) < 4.78 is 52.0. The minimum atomic E-state index is -1.18. The Morgan fingerprint density at radius 3 is 2.60 bits per heavy atom. The number of pyridine rings is 1. The molecule has 1 aromatic carbocycles. The van der Waals surface area contributed by atoms with Gasteiger partial charge in [-0.1, -0.05) is 19.1 Å². The normalized spacial score (nSPS) is 20.6. The number of hydrogen-bond acceptors (Lipinski definition) is 11. The third-order valence-corrected chi connectivity index (χ3v) is 6.61. The first-order valence-electron chi connectivity index (χ1n) is 14.1. The quantitative estimate of drug-likeness (QED) is 0.251. The van der Waals surface area contributed by atoms with Crippen molar-refractivity contribution in [3.05, 3.63) is 53.6 Å². The molecule has 0 aliphatic carbocycles. The largest absolute Gasteiger partial charge is 0.493 e. The number of hydrogen-bond donors (Lipinski definition) is 1. The van der Waals surface area contributed by atoms with Crippen LogP contribution >= 0.6 is 0 Å². The summed E-state index contributed by atoms with van der Waals surface area (Å²) in [6, 6.07) is 6.39. The van der Waals surface area contributed by atoms with Crippen molar-refractivity contribution in [2.75, 3.05) is 46.9 Å². The van der Waals surface area contributed by atoms with Crippen LogP contribution in [0.25, 0.3) is 0 Å². The molecule has 4 atom stereocenters. The lowest BCUT2D eigenvalue weighted by Crippen LogP contribution is -2.46. The summed E-state index contributed by atoms with van der Waals surface area (Å²) >= 11 is 0. The molecule has 236 valence electrons. The average Bonchev–Trinajstić information content (AvgIpc) is 3.05. The molecule has 0 spiro atoms. The minimum absolute atomic E-state index is 0.0928. The zero-order chi connectivity index (χ0) is 31.2. The fourth-order valence-electron chi connectivity index (χ4n) is 4.38. The summed E-state index contributed by atoms with van der Waals surface area (Å²) in [5.74, 6) is -2.73. The molecule has 0 radical (unpaired) electrons. The van der Waals surface area contributed by atoms with Gasteiger partial charge in [0.1, 0.15) is 18.5 Å². The predicted octanol–water partition coefficient (Wildman–Crippen LogP) is 2.86. The van der Waals surface area contributed by atoms with Gasteiger partial charge >= 0.3 is 11.9 Å². The SMILES string of the molecule is CCCO[C@H]1COC[C@H](NC(=O)c2nccc(OC)c2OCOC(=O)COCC)C(=O)O[C@@H](C)[C@@H]1Cc1ccc(F)cc1. The second kappa shape index (κ2) is 17.3. The molecular weight excluding hydrogens is 567 g/mol. The highest BCUT2D eigenvalue weighted by molar-refractivity contribution is 5.98. The zero-order valence-corrected chi connectivity index (χ0v) is 24.8. The first-order valence-corrected chi connectivity index (χ1v) is 14.1. The fraction of sp³-hybridized carbons (Fsp3) is 0.533. The number of nitrogens with one attached hydrogen (secondary N) is 1. The maximum Gasteiger partial charge on any atom is 0.334 e. The van der Waals surface area contributed by atoms with Gasteiger partial charge in [-0.25, -0.2) is 19.0 Å². The maximum absolute atomic E-state index is 13.5. The average molecular weight is 607 g/mol. The Labute approximate surface area is 250 Å². The van der Waals surface area contributed by atoms with Crippen LogP contribution in [-0.4, -0.2) is 88.0 Å². The number of benzene rings is 1. The van der Waals surface area contributed by atoms with Crippen molar-refractivity contribution in [3.8, 4) is 11.5 Å². The van der Waals surface area contributed by atoms with E-state index in [9.17, 15) is 18.8 Å². The van der Waals surface area contributed by atoms with Gasteiger partial charge in [-0.05, 0) is 44.4 Å². The van der Waals surface area contributed by atoms with E-state index in [1.165, 1.54) is 31.5 Å². The molecule has 43 heavy (non-hydrogen) atoms. The first kappa shape index (κ1) is 33.7. The minimum Gasteiger partial charge on any atom is -0.493 e. The van der Waals surface area contributed by atoms with Crippen LogP contribution in [0.2, 0.25) is 0 Å². The summed E-state index contributed by atoms with van der Waals surface area (Å²) in [7, 11) is 1.37. The van der Waals surface area contributed by atoms with Crippen LogP contribution in [0, 0.1) is 11.7 Å². The van der Waals surface area contributed by atoms with Crippen LogP contribution in [0.15, 0.2) is 36.5 Å². The summed E-state index contributed by atoms with van der Waals surface area (Å²) in [6.45, 7) is 5.43. The molecule has 1 aliphatic heterocycles. The number of aromatic nitrogens is 1. The number of esters is 2. The lowest BCUT2D eigenvalue weighted by atomic mass is 9.89. The molecule has 12 nitrogen and oxygen atoms in total. The van der Waals surface area contributed by atoms with Crippen LogP contribution in [0.4, 0.5) is 4.39 Å². The fourth-order valence-corrected chi connectivity index (χ4v) is 4.38. The molecule has 1 amide bonds. The summed E-state index contributed by atoms with van der Waals surface area (Å²) in [6.07, 6.45) is 1.51. The molecule has 1 aliphatic rings. The molecule has 1 saturated heterocycles. The van der Waals surface area contributed by atoms with Crippen LogP contribution in [0.1, 0.15) is 43.2 Å². The van der Waals surface area contributed by atoms with Crippen molar-refractivity contribution in [1.29, 1.82) is 0 Å². The van der Waals surface area contributed by atoms with E-state index < -0.39 is 42.9 Å². The lowest BCUT2D eigenvalue weighted by Gasteiger charge is -2.30. The van der Waals surface area contributed by atoms with E-state index in [1.54, 1.807) is 26.0 Å². The van der Waals surface area contributed by atoms with Crippen molar-refractivity contribution in [1.82, 2.24) is 10.3 Å². The highest BCUT2D eigenvalue weighted by Gasteiger charge is 2.36. The van der Waals surface area contributed by atoms with Gasteiger partial charge in [-0.15, -0.1) is 0 Å². The summed E-state index contributed by atoms with van der Waals surface area (Å²) in [5, 5.41) is 2.60. The Morgan fingerprint density at radius 1 is 1.14 bits per heavy atom. The monoisotopic (exact) mass is 606 g/mol. The van der Waals surface area contributed by atoms with Crippen molar-refractivity contribution in [2.45, 2.75) is 51.9 Å². The van der Waals surface area contributed by atoms with E-state index in [1.807, 2.05) is 6.92 Å². The van der Waals surface area contributed by atoms with Gasteiger partial charge in [-0.3, -0.25) is 4.79 Å². The van der Waals surface area contributed by atoms with Crippen LogP contribution in [-0.2, 0) is 39.7 Å². The molecule has 1 fully saturated rings. The molecule has 0 saturated carbocycles. The van der Waals surface area contributed by atoms with Gasteiger partial charge in [0.2, 0.25) is 6.79 Å². The maximum atomic E-state index is 13.5. The third-order valence-electron chi connectivity index (χ3n) is 6.61. The Morgan fingerprint density at radius 2 is 1.91 bits per heavy atom. The second-order valence-electron chi connectivity index (χ2n) is 9.72. The van der Waals surface area contributed by atoms with E-state index in [0.29, 0.717) is 19.6 Å². The third kappa shape index (κ3) is 10.2. The van der Waals surface area contributed by atoms with E-state index in [0.717, 1.165) is 12.0 Å². The molecule has 1 aromatic heterocycles. The van der Waals surface area contributed by atoms with E-state index in [4.69, 9.17) is 33.2 Å². The van der Waals surface area contributed by atoms with Gasteiger partial charge in [-0.2, -0.15) is 0 Å². The predicted molar refractivity (Wildman–Crippen MR) is 150 cm³/mol. The highest BCUT2D eigenvalue weighted by Crippen LogP contribution is 2.30. The van der Waals surface area contributed by atoms with Crippen molar-refractivity contribution in [2.24, 2.45) is 5.92 Å². The zero-order valence-electron chi connectivity index (χ0n) is 24.8.